The first-order chi connectivity index (χ1) is 11.2. The van der Waals surface area contributed by atoms with Gasteiger partial charge >= 0.3 is 0 Å². The predicted molar refractivity (Wildman–Crippen MR) is 93.3 cm³/mol. The molecule has 0 bridgehead atoms. The molecule has 0 amide bonds. The highest BCUT2D eigenvalue weighted by Gasteiger charge is 2.14. The minimum atomic E-state index is 0.388. The van der Waals surface area contributed by atoms with Crippen LogP contribution < -0.4 is 0 Å². The average molecular weight is 306 g/mol. The van der Waals surface area contributed by atoms with Gasteiger partial charge in [-0.3, -0.25) is 10.1 Å². The van der Waals surface area contributed by atoms with Gasteiger partial charge in [0, 0.05) is 30.1 Å². The quantitative estimate of drug-likeness (QED) is 0.757. The van der Waals surface area contributed by atoms with E-state index in [9.17, 15) is 0 Å². The van der Waals surface area contributed by atoms with Gasteiger partial charge in [0.1, 0.15) is 0 Å². The van der Waals surface area contributed by atoms with Crippen LogP contribution in [0.4, 0.5) is 0 Å². The van der Waals surface area contributed by atoms with Gasteiger partial charge in [-0.15, -0.1) is 0 Å². The largest absolute Gasteiger partial charge is 0.309 e. The molecule has 2 aromatic heterocycles. The second kappa shape index (κ2) is 7.20. The van der Waals surface area contributed by atoms with E-state index >= 15 is 0 Å². The summed E-state index contributed by atoms with van der Waals surface area (Å²) in [5.41, 5.74) is 4.96. The summed E-state index contributed by atoms with van der Waals surface area (Å²) in [5, 5.41) is 6.88. The Hall–Kier alpha value is -2.46. The van der Waals surface area contributed by atoms with Crippen molar-refractivity contribution in [3.8, 4) is 11.1 Å². The highest BCUT2D eigenvalue weighted by atomic mass is 15.1. The first-order valence-corrected chi connectivity index (χ1v) is 7.88. The van der Waals surface area contributed by atoms with Gasteiger partial charge in [-0.05, 0) is 55.9 Å². The molecule has 1 aromatic carbocycles. The zero-order chi connectivity index (χ0) is 16.1. The molecule has 0 spiro atoms. The Kier molecular flexibility index (Phi) is 4.83. The molecule has 23 heavy (non-hydrogen) atoms. The number of nitrogens with one attached hydrogen (secondary N) is 1. The van der Waals surface area contributed by atoms with E-state index in [1.54, 1.807) is 0 Å². The third kappa shape index (κ3) is 3.85. The Morgan fingerprint density at radius 3 is 2.26 bits per heavy atom. The van der Waals surface area contributed by atoms with Crippen molar-refractivity contribution in [2.45, 2.75) is 12.3 Å². The van der Waals surface area contributed by atoms with Crippen molar-refractivity contribution in [1.82, 2.24) is 20.1 Å². The van der Waals surface area contributed by atoms with Crippen LogP contribution in [-0.4, -0.2) is 40.7 Å². The molecule has 1 unspecified atom stereocenters. The van der Waals surface area contributed by atoms with Crippen molar-refractivity contribution in [2.24, 2.45) is 0 Å². The summed E-state index contributed by atoms with van der Waals surface area (Å²) in [7, 11) is 4.23. The van der Waals surface area contributed by atoms with Gasteiger partial charge in [-0.1, -0.05) is 24.3 Å². The van der Waals surface area contributed by atoms with Crippen molar-refractivity contribution >= 4 is 0 Å². The van der Waals surface area contributed by atoms with Crippen molar-refractivity contribution in [3.63, 3.8) is 0 Å². The molecule has 118 valence electrons. The molecule has 0 saturated carbocycles. The Balaban J connectivity index is 1.87. The van der Waals surface area contributed by atoms with Crippen LogP contribution in [0.5, 0.6) is 0 Å². The standard InChI is InChI=1S/C19H22N4/c1-23(2)12-9-19(17-7-10-20-11-8-17)16-5-3-15(4-6-16)18-13-21-22-14-18/h3-8,10-11,13-14,19H,9,12H2,1-2H3,(H,21,22). The number of H-pyrrole nitrogens is 1. The number of hydrogen-bond donors (Lipinski definition) is 1. The molecule has 3 aromatic rings. The molecule has 4 heteroatoms. The Morgan fingerprint density at radius 1 is 0.957 bits per heavy atom. The lowest BCUT2D eigenvalue weighted by atomic mass is 9.88. The Morgan fingerprint density at radius 2 is 1.65 bits per heavy atom. The third-order valence-electron chi connectivity index (χ3n) is 4.12. The lowest BCUT2D eigenvalue weighted by Crippen LogP contribution is -2.16. The molecular weight excluding hydrogens is 284 g/mol. The van der Waals surface area contributed by atoms with Crippen LogP contribution in [0.15, 0.2) is 61.2 Å². The number of rotatable bonds is 6. The normalized spacial score (nSPS) is 12.5. The minimum absolute atomic E-state index is 0.388. The van der Waals surface area contributed by atoms with E-state index in [2.05, 4.69) is 70.6 Å². The highest BCUT2D eigenvalue weighted by molar-refractivity contribution is 5.62. The predicted octanol–water partition coefficient (Wildman–Crippen LogP) is 3.56. The van der Waals surface area contributed by atoms with Crippen molar-refractivity contribution in [2.75, 3.05) is 20.6 Å². The lowest BCUT2D eigenvalue weighted by Gasteiger charge is -2.20. The maximum absolute atomic E-state index is 4.14. The summed E-state index contributed by atoms with van der Waals surface area (Å²) in [5.74, 6) is 0.388. The summed E-state index contributed by atoms with van der Waals surface area (Å²) in [6, 6.07) is 13.0. The molecule has 0 saturated heterocycles. The second-order valence-corrected chi connectivity index (χ2v) is 6.03. The highest BCUT2D eigenvalue weighted by Crippen LogP contribution is 2.29. The van der Waals surface area contributed by atoms with Gasteiger partial charge in [0.25, 0.3) is 0 Å². The zero-order valence-electron chi connectivity index (χ0n) is 13.6. The van der Waals surface area contributed by atoms with E-state index in [-0.39, 0.29) is 0 Å². The van der Waals surface area contributed by atoms with Crippen molar-refractivity contribution in [3.05, 3.63) is 72.3 Å². The van der Waals surface area contributed by atoms with Crippen LogP contribution >= 0.6 is 0 Å². The van der Waals surface area contributed by atoms with E-state index in [0.717, 1.165) is 18.5 Å². The van der Waals surface area contributed by atoms with Gasteiger partial charge in [0.2, 0.25) is 0 Å². The number of nitrogens with zero attached hydrogens (tertiary/aromatic N) is 3. The van der Waals surface area contributed by atoms with E-state index in [4.69, 9.17) is 0 Å². The number of aromatic amines is 1. The summed E-state index contributed by atoms with van der Waals surface area (Å²) < 4.78 is 0. The van der Waals surface area contributed by atoms with E-state index < -0.39 is 0 Å². The zero-order valence-corrected chi connectivity index (χ0v) is 13.6. The van der Waals surface area contributed by atoms with E-state index in [1.165, 1.54) is 16.7 Å². The first-order valence-electron chi connectivity index (χ1n) is 7.88. The minimum Gasteiger partial charge on any atom is -0.309 e. The first kappa shape index (κ1) is 15.4. The Labute approximate surface area is 137 Å². The molecule has 1 N–H and O–H groups in total. The van der Waals surface area contributed by atoms with Crippen LogP contribution in [0.1, 0.15) is 23.5 Å². The number of hydrogen-bond acceptors (Lipinski definition) is 3. The second-order valence-electron chi connectivity index (χ2n) is 6.03. The SMILES string of the molecule is CN(C)CCC(c1ccncc1)c1ccc(-c2cn[nH]c2)cc1. The van der Waals surface area contributed by atoms with Gasteiger partial charge < -0.3 is 4.90 Å². The van der Waals surface area contributed by atoms with Gasteiger partial charge in [-0.2, -0.15) is 5.10 Å². The van der Waals surface area contributed by atoms with Gasteiger partial charge in [-0.25, -0.2) is 0 Å². The van der Waals surface area contributed by atoms with Gasteiger partial charge in [0.05, 0.1) is 6.20 Å². The fraction of sp³-hybridized carbons (Fsp3) is 0.263. The summed E-state index contributed by atoms with van der Waals surface area (Å²) in [6.07, 6.45) is 8.60. The van der Waals surface area contributed by atoms with E-state index in [1.807, 2.05) is 24.8 Å². The molecule has 0 radical (unpaired) electrons. The van der Waals surface area contributed by atoms with Crippen LogP contribution in [0.2, 0.25) is 0 Å². The smallest absolute Gasteiger partial charge is 0.0565 e. The number of benzene rings is 1. The van der Waals surface area contributed by atoms with Gasteiger partial charge in [0.15, 0.2) is 0 Å². The number of aromatic nitrogens is 3. The van der Waals surface area contributed by atoms with Crippen LogP contribution in [0.25, 0.3) is 11.1 Å². The van der Waals surface area contributed by atoms with Crippen LogP contribution in [0.3, 0.4) is 0 Å². The molecule has 0 aliphatic heterocycles. The molecule has 1 atom stereocenters. The maximum Gasteiger partial charge on any atom is 0.0565 e. The molecular formula is C19H22N4. The Bertz CT molecular complexity index is 703. The van der Waals surface area contributed by atoms with E-state index in [0.29, 0.717) is 5.92 Å². The molecule has 0 fully saturated rings. The number of pyridine rings is 1. The lowest BCUT2D eigenvalue weighted by molar-refractivity contribution is 0.390. The fourth-order valence-electron chi connectivity index (χ4n) is 2.83. The summed E-state index contributed by atoms with van der Waals surface area (Å²) >= 11 is 0. The monoisotopic (exact) mass is 306 g/mol. The molecule has 2 heterocycles. The average Bonchev–Trinajstić information content (AvgIpc) is 3.11. The van der Waals surface area contributed by atoms with Crippen LogP contribution in [0, 0.1) is 0 Å². The third-order valence-corrected chi connectivity index (χ3v) is 4.12. The molecule has 4 nitrogen and oxygen atoms in total. The topological polar surface area (TPSA) is 44.8 Å². The van der Waals surface area contributed by atoms with Crippen molar-refractivity contribution < 1.29 is 0 Å². The summed E-state index contributed by atoms with van der Waals surface area (Å²) in [6.45, 7) is 1.05. The maximum atomic E-state index is 4.14. The molecule has 0 aliphatic carbocycles. The van der Waals surface area contributed by atoms with Crippen molar-refractivity contribution in [1.29, 1.82) is 0 Å². The summed E-state index contributed by atoms with van der Waals surface area (Å²) in [4.78, 5) is 6.37. The van der Waals surface area contributed by atoms with Crippen LogP contribution in [-0.2, 0) is 0 Å². The molecule has 0 aliphatic rings. The molecule has 3 rings (SSSR count). The fourth-order valence-corrected chi connectivity index (χ4v) is 2.83.